The Bertz CT molecular complexity index is 1070. The minimum Gasteiger partial charge on any atom is -0.458 e. The molecule has 0 fully saturated rings. The van der Waals surface area contributed by atoms with Crippen LogP contribution in [-0.2, 0) is 16.1 Å². The van der Waals surface area contributed by atoms with Crippen LogP contribution in [0, 0.1) is 11.8 Å². The van der Waals surface area contributed by atoms with Gasteiger partial charge in [-0.15, -0.1) is 0 Å². The molecule has 10 heteroatoms. The maximum atomic E-state index is 13.4. The molecule has 0 aliphatic carbocycles. The molecule has 0 saturated heterocycles. The number of halogens is 1. The number of hydrogen-bond donors (Lipinski definition) is 3. The predicted molar refractivity (Wildman–Crippen MR) is 137 cm³/mol. The molecule has 1 aliphatic heterocycles. The molecule has 1 aliphatic rings. The Morgan fingerprint density at radius 2 is 1.97 bits per heavy atom. The van der Waals surface area contributed by atoms with Gasteiger partial charge in [-0.25, -0.2) is 0 Å². The molecule has 2 amide bonds. The zero-order valence-electron chi connectivity index (χ0n) is 20.9. The smallest absolute Gasteiger partial charge is 0.251 e. The second-order valence-electron chi connectivity index (χ2n) is 9.46. The van der Waals surface area contributed by atoms with E-state index in [9.17, 15) is 14.7 Å². The van der Waals surface area contributed by atoms with E-state index in [1.807, 2.05) is 0 Å². The maximum absolute atomic E-state index is 13.4. The summed E-state index contributed by atoms with van der Waals surface area (Å²) in [5.74, 6) is 1.23. The standard InChI is InChI=1S/C26H35ClN4O5/c1-4-17(2)11-18(3)12-22(26(35)28-24-9-10-30(29-24)14-19(33)16-32)31-15-20(13-25(31)34)36-23-8-6-5-7-21(23)27/h5-10,13,17-19,22,32-33H,4,11-12,14-16H2,1-3H3,(H,28,29,35)/t17?,18?,19-,22+/m0/s1. The van der Waals surface area contributed by atoms with E-state index < -0.39 is 12.1 Å². The molecule has 0 bridgehead atoms. The first-order valence-corrected chi connectivity index (χ1v) is 12.6. The molecule has 36 heavy (non-hydrogen) atoms. The van der Waals surface area contributed by atoms with Gasteiger partial charge in [0.25, 0.3) is 5.91 Å². The molecule has 3 N–H and O–H groups in total. The van der Waals surface area contributed by atoms with Crippen LogP contribution in [-0.4, -0.2) is 62.0 Å². The van der Waals surface area contributed by atoms with Crippen LogP contribution in [0.15, 0.2) is 48.4 Å². The lowest BCUT2D eigenvalue weighted by atomic mass is 9.90. The van der Waals surface area contributed by atoms with Crippen molar-refractivity contribution in [2.24, 2.45) is 11.8 Å². The average molecular weight is 519 g/mol. The van der Waals surface area contributed by atoms with Crippen LogP contribution in [0.5, 0.6) is 5.75 Å². The molecule has 1 aromatic carbocycles. The Kier molecular flexibility index (Phi) is 9.92. The maximum Gasteiger partial charge on any atom is 0.251 e. The molecule has 2 aromatic rings. The number of carbonyl (C=O) groups excluding carboxylic acids is 2. The lowest BCUT2D eigenvalue weighted by Crippen LogP contribution is -2.46. The summed E-state index contributed by atoms with van der Waals surface area (Å²) >= 11 is 6.20. The van der Waals surface area contributed by atoms with Gasteiger partial charge in [-0.2, -0.15) is 5.10 Å². The van der Waals surface area contributed by atoms with Gasteiger partial charge in [-0.05, 0) is 36.8 Å². The van der Waals surface area contributed by atoms with Crippen LogP contribution in [0.3, 0.4) is 0 Å². The molecular formula is C26H35ClN4O5. The second kappa shape index (κ2) is 12.9. The van der Waals surface area contributed by atoms with E-state index in [-0.39, 0.29) is 37.4 Å². The monoisotopic (exact) mass is 518 g/mol. The second-order valence-corrected chi connectivity index (χ2v) is 9.87. The van der Waals surface area contributed by atoms with E-state index >= 15 is 0 Å². The number of aliphatic hydroxyl groups is 2. The number of benzene rings is 1. The summed E-state index contributed by atoms with van der Waals surface area (Å²) in [6.07, 6.45) is 4.51. The van der Waals surface area contributed by atoms with E-state index in [2.05, 4.69) is 31.2 Å². The van der Waals surface area contributed by atoms with Gasteiger partial charge in [-0.1, -0.05) is 50.9 Å². The van der Waals surface area contributed by atoms with E-state index in [4.69, 9.17) is 21.4 Å². The zero-order chi connectivity index (χ0) is 26.2. The number of hydrogen-bond acceptors (Lipinski definition) is 6. The highest BCUT2D eigenvalue weighted by molar-refractivity contribution is 6.32. The largest absolute Gasteiger partial charge is 0.458 e. The fourth-order valence-electron chi connectivity index (χ4n) is 4.23. The van der Waals surface area contributed by atoms with Crippen molar-refractivity contribution >= 4 is 29.2 Å². The summed E-state index contributed by atoms with van der Waals surface area (Å²) in [5, 5.41) is 26.2. The van der Waals surface area contributed by atoms with Gasteiger partial charge in [-0.3, -0.25) is 14.3 Å². The summed E-state index contributed by atoms with van der Waals surface area (Å²) < 4.78 is 7.31. The minimum atomic E-state index is -0.951. The van der Waals surface area contributed by atoms with Crippen LogP contribution >= 0.6 is 11.6 Å². The molecule has 0 spiro atoms. The number of carbonyl (C=O) groups is 2. The van der Waals surface area contributed by atoms with Crippen LogP contribution in [0.4, 0.5) is 5.82 Å². The van der Waals surface area contributed by atoms with E-state index in [0.717, 1.165) is 12.8 Å². The molecule has 2 unspecified atom stereocenters. The lowest BCUT2D eigenvalue weighted by molar-refractivity contribution is -0.134. The van der Waals surface area contributed by atoms with Crippen molar-refractivity contribution in [3.8, 4) is 5.75 Å². The fraction of sp³-hybridized carbons (Fsp3) is 0.500. The van der Waals surface area contributed by atoms with Crippen molar-refractivity contribution in [3.63, 3.8) is 0 Å². The van der Waals surface area contributed by atoms with Crippen molar-refractivity contribution in [2.45, 2.75) is 58.7 Å². The first kappa shape index (κ1) is 27.7. The van der Waals surface area contributed by atoms with Gasteiger partial charge >= 0.3 is 0 Å². The average Bonchev–Trinajstić information content (AvgIpc) is 3.44. The predicted octanol–water partition coefficient (Wildman–Crippen LogP) is 3.46. The van der Waals surface area contributed by atoms with Crippen molar-refractivity contribution < 1.29 is 24.5 Å². The van der Waals surface area contributed by atoms with Crippen molar-refractivity contribution in [2.75, 3.05) is 18.5 Å². The van der Waals surface area contributed by atoms with Crippen LogP contribution < -0.4 is 10.1 Å². The number of amides is 2. The van der Waals surface area contributed by atoms with Crippen molar-refractivity contribution in [1.29, 1.82) is 0 Å². The molecule has 0 radical (unpaired) electrons. The van der Waals surface area contributed by atoms with Gasteiger partial charge in [0.2, 0.25) is 5.91 Å². The summed E-state index contributed by atoms with van der Waals surface area (Å²) in [5.41, 5.74) is 0. The fourth-order valence-corrected chi connectivity index (χ4v) is 4.40. The lowest BCUT2D eigenvalue weighted by Gasteiger charge is -2.29. The molecule has 1 aromatic heterocycles. The first-order chi connectivity index (χ1) is 17.2. The Morgan fingerprint density at radius 3 is 2.67 bits per heavy atom. The number of rotatable bonds is 13. The summed E-state index contributed by atoms with van der Waals surface area (Å²) in [6.45, 7) is 6.26. The third kappa shape index (κ3) is 7.56. The Morgan fingerprint density at radius 1 is 1.22 bits per heavy atom. The molecule has 0 saturated carbocycles. The van der Waals surface area contributed by atoms with Gasteiger partial charge in [0.15, 0.2) is 5.82 Å². The van der Waals surface area contributed by atoms with Gasteiger partial charge < -0.3 is 25.2 Å². The first-order valence-electron chi connectivity index (χ1n) is 12.3. The van der Waals surface area contributed by atoms with E-state index in [1.54, 1.807) is 36.5 Å². The zero-order valence-corrected chi connectivity index (χ0v) is 21.7. The summed E-state index contributed by atoms with van der Waals surface area (Å²) in [4.78, 5) is 27.9. The molecular weight excluding hydrogens is 484 g/mol. The Labute approximate surface area is 216 Å². The van der Waals surface area contributed by atoms with E-state index in [1.165, 1.54) is 15.7 Å². The topological polar surface area (TPSA) is 117 Å². The number of aromatic nitrogens is 2. The number of nitrogens with one attached hydrogen (secondary N) is 1. The number of nitrogens with zero attached hydrogens (tertiary/aromatic N) is 3. The number of para-hydroxylation sites is 1. The van der Waals surface area contributed by atoms with Crippen LogP contribution in [0.1, 0.15) is 40.0 Å². The highest BCUT2D eigenvalue weighted by Gasteiger charge is 2.35. The molecule has 196 valence electrons. The normalized spacial score (nSPS) is 16.9. The molecule has 4 atom stereocenters. The highest BCUT2D eigenvalue weighted by atomic mass is 35.5. The van der Waals surface area contributed by atoms with Gasteiger partial charge in [0.1, 0.15) is 17.6 Å². The Hall–Kier alpha value is -2.88. The Balaban J connectivity index is 1.74. The van der Waals surface area contributed by atoms with Crippen molar-refractivity contribution in [1.82, 2.24) is 14.7 Å². The van der Waals surface area contributed by atoms with Gasteiger partial charge in [0, 0.05) is 18.3 Å². The van der Waals surface area contributed by atoms with Crippen LogP contribution in [0.2, 0.25) is 5.02 Å². The van der Waals surface area contributed by atoms with E-state index in [0.29, 0.717) is 34.7 Å². The van der Waals surface area contributed by atoms with Crippen LogP contribution in [0.25, 0.3) is 0 Å². The van der Waals surface area contributed by atoms with Gasteiger partial charge in [0.05, 0.1) is 30.8 Å². The molecule has 2 heterocycles. The number of ether oxygens (including phenoxy) is 1. The highest BCUT2D eigenvalue weighted by Crippen LogP contribution is 2.29. The number of anilines is 1. The quantitative estimate of drug-likeness (QED) is 0.374. The SMILES string of the molecule is CCC(C)CC(C)C[C@H](C(=O)Nc1ccn(C[C@H](O)CO)n1)N1CC(Oc2ccccc2Cl)=CC1=O. The molecule has 3 rings (SSSR count). The minimum absolute atomic E-state index is 0.0962. The van der Waals surface area contributed by atoms with Crippen molar-refractivity contribution in [3.05, 3.63) is 53.4 Å². The summed E-state index contributed by atoms with van der Waals surface area (Å²) in [6, 6.07) is 7.89. The third-order valence-electron chi connectivity index (χ3n) is 6.28. The molecule has 9 nitrogen and oxygen atoms in total. The third-order valence-corrected chi connectivity index (χ3v) is 6.59. The summed E-state index contributed by atoms with van der Waals surface area (Å²) in [7, 11) is 0. The number of aliphatic hydroxyl groups excluding tert-OH is 2.